The van der Waals surface area contributed by atoms with Crippen molar-refractivity contribution in [2.24, 2.45) is 17.8 Å². The lowest BCUT2D eigenvalue weighted by molar-refractivity contribution is -0.165. The van der Waals surface area contributed by atoms with Crippen molar-refractivity contribution in [2.45, 2.75) is 57.5 Å². The van der Waals surface area contributed by atoms with Gasteiger partial charge in [-0.15, -0.1) is 0 Å². The van der Waals surface area contributed by atoms with Gasteiger partial charge in [0.25, 0.3) is 11.8 Å². The lowest BCUT2D eigenvalue weighted by Gasteiger charge is -2.38. The van der Waals surface area contributed by atoms with Crippen LogP contribution in [0.25, 0.3) is 0 Å². The van der Waals surface area contributed by atoms with Crippen molar-refractivity contribution >= 4 is 23.4 Å². The molecule has 2 aliphatic carbocycles. The number of nitrogens with zero attached hydrogens (tertiary/aromatic N) is 3. The number of carbonyl (C=O) groups is 3. The monoisotopic (exact) mass is 517 g/mol. The van der Waals surface area contributed by atoms with Crippen LogP contribution in [0, 0.1) is 23.6 Å². The molecule has 37 heavy (non-hydrogen) atoms. The van der Waals surface area contributed by atoms with Gasteiger partial charge in [-0.3, -0.25) is 19.1 Å². The van der Waals surface area contributed by atoms with Gasteiger partial charge in [0.2, 0.25) is 11.8 Å². The number of halogens is 3. The van der Waals surface area contributed by atoms with Gasteiger partial charge in [0.05, 0.1) is 25.2 Å². The molecule has 1 aromatic heterocycles. The number of likely N-dealkylation sites (tertiary alicyclic amines) is 1. The Morgan fingerprint density at radius 3 is 2.35 bits per heavy atom. The first-order valence-electron chi connectivity index (χ1n) is 12.7. The molecule has 2 saturated carbocycles. The third kappa shape index (κ3) is 5.65. The molecule has 2 N–H and O–H groups in total. The zero-order valence-electron chi connectivity index (χ0n) is 20.6. The van der Waals surface area contributed by atoms with E-state index in [2.05, 4.69) is 15.7 Å². The number of hydrogen-bond acceptors (Lipinski definition) is 4. The van der Waals surface area contributed by atoms with Gasteiger partial charge < -0.3 is 15.5 Å². The molecule has 1 unspecified atom stereocenters. The summed E-state index contributed by atoms with van der Waals surface area (Å²) in [5, 5.41) is 9.65. The lowest BCUT2D eigenvalue weighted by Crippen LogP contribution is -2.58. The third-order valence-electron chi connectivity index (χ3n) is 7.38. The van der Waals surface area contributed by atoms with E-state index in [0.29, 0.717) is 29.6 Å². The van der Waals surface area contributed by atoms with Gasteiger partial charge in [-0.1, -0.05) is 6.07 Å². The Kier molecular flexibility index (Phi) is 6.72. The number of aromatic nitrogens is 2. The highest BCUT2D eigenvalue weighted by Gasteiger charge is 2.49. The van der Waals surface area contributed by atoms with Crippen molar-refractivity contribution in [3.8, 4) is 0 Å². The van der Waals surface area contributed by atoms with Crippen molar-refractivity contribution in [2.75, 3.05) is 18.4 Å². The molecule has 1 aliphatic heterocycles. The Hall–Kier alpha value is -3.37. The summed E-state index contributed by atoms with van der Waals surface area (Å²) in [6.07, 6.45) is 5.29. The second kappa shape index (κ2) is 9.83. The number of hydrogen-bond donors (Lipinski definition) is 2. The van der Waals surface area contributed by atoms with Crippen molar-refractivity contribution in [1.82, 2.24) is 20.0 Å². The number of rotatable bonds is 10. The molecule has 0 radical (unpaired) electrons. The van der Waals surface area contributed by atoms with Crippen molar-refractivity contribution in [3.63, 3.8) is 0 Å². The Morgan fingerprint density at radius 1 is 1.11 bits per heavy atom. The lowest BCUT2D eigenvalue weighted by atomic mass is 9.88. The van der Waals surface area contributed by atoms with Gasteiger partial charge in [-0.05, 0) is 74.1 Å². The Morgan fingerprint density at radius 2 is 1.78 bits per heavy atom. The minimum absolute atomic E-state index is 0.0310. The maximum absolute atomic E-state index is 14.9. The van der Waals surface area contributed by atoms with Crippen LogP contribution in [0.1, 0.15) is 48.7 Å². The van der Waals surface area contributed by atoms with Crippen LogP contribution in [0.2, 0.25) is 0 Å². The smallest absolute Gasteiger partial charge is 0.282 e. The van der Waals surface area contributed by atoms with Gasteiger partial charge in [-0.2, -0.15) is 5.10 Å². The van der Waals surface area contributed by atoms with Gasteiger partial charge in [0.15, 0.2) is 0 Å². The van der Waals surface area contributed by atoms with Crippen LogP contribution >= 0.6 is 0 Å². The van der Waals surface area contributed by atoms with Crippen molar-refractivity contribution < 1.29 is 27.6 Å². The molecule has 3 aliphatic rings. The number of benzene rings is 1. The summed E-state index contributed by atoms with van der Waals surface area (Å²) >= 11 is 0. The maximum atomic E-state index is 14.9. The predicted octanol–water partition coefficient (Wildman–Crippen LogP) is 3.24. The number of amides is 3. The standard InChI is InChI=1S/C26H30F3N5O3/c1-2-34-20(9-10-30-34)24(36)32-23(22(16-4-5-16)17-6-7-17)25(37)31-19-8-3-15(11-18(19)27)12-21(35)33-13-26(28,29)14-33/h3,8-11,16-17,22-23H,2,4-7,12-14H2,1H3,(H,31,37)(H,32,36). The van der Waals surface area contributed by atoms with E-state index in [-0.39, 0.29) is 18.0 Å². The molecule has 2 aromatic rings. The third-order valence-corrected chi connectivity index (χ3v) is 7.38. The van der Waals surface area contributed by atoms with Crippen LogP contribution < -0.4 is 10.6 Å². The van der Waals surface area contributed by atoms with Crippen molar-refractivity contribution in [1.29, 1.82) is 0 Å². The van der Waals surface area contributed by atoms with Crippen LogP contribution in [0.15, 0.2) is 30.5 Å². The highest BCUT2D eigenvalue weighted by molar-refractivity contribution is 6.01. The summed E-state index contributed by atoms with van der Waals surface area (Å²) in [5.41, 5.74) is 0.605. The molecule has 0 spiro atoms. The van der Waals surface area contributed by atoms with E-state index in [1.165, 1.54) is 18.3 Å². The summed E-state index contributed by atoms with van der Waals surface area (Å²) < 4.78 is 42.5. The number of anilines is 1. The number of aryl methyl sites for hydroxylation is 1. The van der Waals surface area contributed by atoms with Crippen LogP contribution in [0.4, 0.5) is 18.9 Å². The highest BCUT2D eigenvalue weighted by Crippen LogP contribution is 2.51. The molecule has 3 amide bonds. The minimum atomic E-state index is -2.87. The highest BCUT2D eigenvalue weighted by atomic mass is 19.3. The summed E-state index contributed by atoms with van der Waals surface area (Å²) in [5.74, 6) is -4.36. The summed E-state index contributed by atoms with van der Waals surface area (Å²) in [6, 6.07) is 4.73. The zero-order valence-corrected chi connectivity index (χ0v) is 20.6. The maximum Gasteiger partial charge on any atom is 0.282 e. The number of nitrogens with one attached hydrogen (secondary N) is 2. The quantitative estimate of drug-likeness (QED) is 0.506. The average molecular weight is 518 g/mol. The SMILES string of the molecule is CCn1nccc1C(=O)NC(C(=O)Nc1ccc(CC(=O)N2CC(F)(F)C2)cc1F)C(C1CC1)C1CC1. The largest absolute Gasteiger partial charge is 0.339 e. The van der Waals surface area contributed by atoms with Crippen LogP contribution in [0.5, 0.6) is 0 Å². The summed E-state index contributed by atoms with van der Waals surface area (Å²) in [4.78, 5) is 39.7. The molecule has 8 nitrogen and oxygen atoms in total. The zero-order chi connectivity index (χ0) is 26.3. The van der Waals surface area contributed by atoms with E-state index < -0.39 is 48.6 Å². The fourth-order valence-corrected chi connectivity index (χ4v) is 5.18. The Labute approximate surface area is 212 Å². The van der Waals surface area contributed by atoms with E-state index in [0.717, 1.165) is 36.6 Å². The normalized spacial score (nSPS) is 19.3. The van der Waals surface area contributed by atoms with Crippen LogP contribution in [0.3, 0.4) is 0 Å². The van der Waals surface area contributed by atoms with E-state index >= 15 is 0 Å². The molecule has 2 heterocycles. The molecule has 3 fully saturated rings. The molecular formula is C26H30F3N5O3. The first-order chi connectivity index (χ1) is 17.6. The Bertz CT molecular complexity index is 1190. The molecule has 198 valence electrons. The molecule has 0 bridgehead atoms. The van der Waals surface area contributed by atoms with Gasteiger partial charge >= 0.3 is 0 Å². The topological polar surface area (TPSA) is 96.3 Å². The molecule has 1 aromatic carbocycles. The van der Waals surface area contributed by atoms with Crippen LogP contribution in [-0.2, 0) is 22.6 Å². The van der Waals surface area contributed by atoms with Gasteiger partial charge in [0, 0.05) is 12.7 Å². The molecule has 1 atom stereocenters. The van der Waals surface area contributed by atoms with E-state index in [9.17, 15) is 27.6 Å². The van der Waals surface area contributed by atoms with Crippen molar-refractivity contribution in [3.05, 3.63) is 47.5 Å². The average Bonchev–Trinajstić information content (AvgIpc) is 3.78. The molecular weight excluding hydrogens is 487 g/mol. The molecule has 11 heteroatoms. The first-order valence-corrected chi connectivity index (χ1v) is 12.7. The minimum Gasteiger partial charge on any atom is -0.339 e. The second-order valence-corrected chi connectivity index (χ2v) is 10.3. The van der Waals surface area contributed by atoms with E-state index in [4.69, 9.17) is 0 Å². The van der Waals surface area contributed by atoms with Crippen LogP contribution in [-0.4, -0.2) is 57.5 Å². The van der Waals surface area contributed by atoms with Gasteiger partial charge in [0.1, 0.15) is 17.6 Å². The fourth-order valence-electron chi connectivity index (χ4n) is 5.18. The molecule has 1 saturated heterocycles. The summed E-state index contributed by atoms with van der Waals surface area (Å²) in [6.45, 7) is 1.11. The molecule has 5 rings (SSSR count). The van der Waals surface area contributed by atoms with Gasteiger partial charge in [-0.25, -0.2) is 13.2 Å². The predicted molar refractivity (Wildman–Crippen MR) is 128 cm³/mol. The summed E-state index contributed by atoms with van der Waals surface area (Å²) in [7, 11) is 0. The fraction of sp³-hybridized carbons (Fsp3) is 0.538. The number of alkyl halides is 2. The van der Waals surface area contributed by atoms with E-state index in [1.54, 1.807) is 10.7 Å². The Balaban J connectivity index is 1.29. The first kappa shape index (κ1) is 25.3. The van der Waals surface area contributed by atoms with E-state index in [1.807, 2.05) is 6.92 Å². The second-order valence-electron chi connectivity index (χ2n) is 10.3. The number of carbonyl (C=O) groups excluding carboxylic acids is 3.